The minimum atomic E-state index is -0.253. The molecule has 0 aromatic heterocycles. The molecule has 5 nitrogen and oxygen atoms in total. The maximum Gasteiger partial charge on any atom is 0.291 e. The van der Waals surface area contributed by atoms with Gasteiger partial charge in [0.1, 0.15) is 5.75 Å². The third kappa shape index (κ3) is 7.68. The van der Waals surface area contributed by atoms with Crippen LogP contribution in [0.15, 0.2) is 29.3 Å². The van der Waals surface area contributed by atoms with Crippen molar-refractivity contribution in [3.8, 4) is 5.75 Å². The topological polar surface area (TPSA) is 59.9 Å². The Bertz CT molecular complexity index is 513. The van der Waals surface area contributed by atoms with Crippen LogP contribution in [0.3, 0.4) is 0 Å². The predicted molar refractivity (Wildman–Crippen MR) is 93.1 cm³/mol. The van der Waals surface area contributed by atoms with Gasteiger partial charge in [-0.15, -0.1) is 0 Å². The first-order valence-electron chi connectivity index (χ1n) is 8.23. The van der Waals surface area contributed by atoms with E-state index in [0.29, 0.717) is 17.9 Å². The molecule has 23 heavy (non-hydrogen) atoms. The van der Waals surface area contributed by atoms with Crippen LogP contribution in [-0.4, -0.2) is 31.7 Å². The Labute approximate surface area is 139 Å². The molecule has 0 unspecified atom stereocenters. The molecule has 0 bridgehead atoms. The molecule has 1 amide bonds. The molecule has 1 aromatic rings. The number of amides is 1. The molecule has 0 saturated heterocycles. The summed E-state index contributed by atoms with van der Waals surface area (Å²) >= 11 is 0. The average Bonchev–Trinajstić information content (AvgIpc) is 2.54. The number of unbranched alkanes of at least 4 members (excludes halogenated alkanes) is 3. The van der Waals surface area contributed by atoms with Gasteiger partial charge in [-0.25, -0.2) is 4.99 Å². The second-order valence-corrected chi connectivity index (χ2v) is 5.60. The van der Waals surface area contributed by atoms with Crippen molar-refractivity contribution in [2.24, 2.45) is 4.99 Å². The lowest BCUT2D eigenvalue weighted by Gasteiger charge is -2.13. The van der Waals surface area contributed by atoms with Crippen molar-refractivity contribution >= 4 is 11.9 Å². The molecule has 0 radical (unpaired) electrons. The van der Waals surface area contributed by atoms with Crippen LogP contribution < -0.4 is 10.1 Å². The van der Waals surface area contributed by atoms with E-state index in [9.17, 15) is 4.79 Å². The Hall–Kier alpha value is -2.04. The van der Waals surface area contributed by atoms with Crippen LogP contribution in [0.5, 0.6) is 5.75 Å². The van der Waals surface area contributed by atoms with Gasteiger partial charge in [0.15, 0.2) is 0 Å². The third-order valence-electron chi connectivity index (χ3n) is 3.17. The number of benzene rings is 1. The first-order valence-corrected chi connectivity index (χ1v) is 8.23. The number of hydrogen-bond donors (Lipinski definition) is 1. The molecular formula is C18H28N2O3. The maximum absolute atomic E-state index is 12.3. The van der Waals surface area contributed by atoms with Crippen LogP contribution in [0.4, 0.5) is 0 Å². The van der Waals surface area contributed by atoms with Gasteiger partial charge in [0.2, 0.25) is 0 Å². The minimum Gasteiger partial charge on any atom is -0.497 e. The Balaban J connectivity index is 2.67. The highest BCUT2D eigenvalue weighted by molar-refractivity contribution is 6.04. The van der Waals surface area contributed by atoms with Gasteiger partial charge < -0.3 is 9.47 Å². The molecule has 0 aliphatic rings. The number of carbonyl (C=O) groups is 1. The van der Waals surface area contributed by atoms with Gasteiger partial charge in [-0.05, 0) is 38.5 Å². The summed E-state index contributed by atoms with van der Waals surface area (Å²) in [5.74, 6) is 0.386. The number of aliphatic imine (C=N–C) groups is 1. The monoisotopic (exact) mass is 320 g/mol. The number of nitrogens with one attached hydrogen (secondary N) is 1. The SMILES string of the molecule is CCCCCCN=C(NC(=O)c1cccc(OC)c1)OC(C)C. The lowest BCUT2D eigenvalue weighted by Crippen LogP contribution is -2.34. The van der Waals surface area contributed by atoms with Gasteiger partial charge in [-0.1, -0.05) is 32.3 Å². The van der Waals surface area contributed by atoms with E-state index >= 15 is 0 Å². The van der Waals surface area contributed by atoms with Gasteiger partial charge in [0.05, 0.1) is 13.2 Å². The number of ether oxygens (including phenoxy) is 2. The third-order valence-corrected chi connectivity index (χ3v) is 3.17. The summed E-state index contributed by atoms with van der Waals surface area (Å²) in [7, 11) is 1.57. The van der Waals surface area contributed by atoms with Gasteiger partial charge in [0.25, 0.3) is 11.9 Å². The van der Waals surface area contributed by atoms with Gasteiger partial charge in [-0.2, -0.15) is 0 Å². The van der Waals surface area contributed by atoms with Crippen molar-refractivity contribution in [3.63, 3.8) is 0 Å². The smallest absolute Gasteiger partial charge is 0.291 e. The minimum absolute atomic E-state index is 0.0463. The van der Waals surface area contributed by atoms with Crippen molar-refractivity contribution < 1.29 is 14.3 Å². The second kappa shape index (κ2) is 10.6. The quantitative estimate of drug-likeness (QED) is 0.450. The van der Waals surface area contributed by atoms with Gasteiger partial charge in [-0.3, -0.25) is 10.1 Å². The molecule has 1 aromatic carbocycles. The Kier molecular flexibility index (Phi) is 8.80. The highest BCUT2D eigenvalue weighted by Crippen LogP contribution is 2.12. The molecule has 0 saturated carbocycles. The molecule has 0 fully saturated rings. The molecule has 1 N–H and O–H groups in total. The zero-order valence-electron chi connectivity index (χ0n) is 14.6. The fraction of sp³-hybridized carbons (Fsp3) is 0.556. The van der Waals surface area contributed by atoms with Crippen LogP contribution in [0.2, 0.25) is 0 Å². The van der Waals surface area contributed by atoms with E-state index in [1.54, 1.807) is 31.4 Å². The second-order valence-electron chi connectivity index (χ2n) is 5.60. The van der Waals surface area contributed by atoms with E-state index in [-0.39, 0.29) is 18.0 Å². The van der Waals surface area contributed by atoms with Crippen molar-refractivity contribution in [3.05, 3.63) is 29.8 Å². The molecule has 0 spiro atoms. The number of hydrogen-bond acceptors (Lipinski definition) is 4. The zero-order chi connectivity index (χ0) is 17.1. The summed E-state index contributed by atoms with van der Waals surface area (Å²) in [4.78, 5) is 16.7. The number of methoxy groups -OCH3 is 1. The fourth-order valence-electron chi connectivity index (χ4n) is 1.98. The van der Waals surface area contributed by atoms with Gasteiger partial charge in [0, 0.05) is 12.1 Å². The zero-order valence-corrected chi connectivity index (χ0v) is 14.6. The van der Waals surface area contributed by atoms with E-state index < -0.39 is 0 Å². The molecule has 5 heteroatoms. The number of rotatable bonds is 8. The van der Waals surface area contributed by atoms with Crippen molar-refractivity contribution in [1.82, 2.24) is 5.32 Å². The van der Waals surface area contributed by atoms with Crippen LogP contribution in [0.25, 0.3) is 0 Å². The summed E-state index contributed by atoms with van der Waals surface area (Å²) in [6.07, 6.45) is 4.47. The first kappa shape index (κ1) is 19.0. The Morgan fingerprint density at radius 1 is 1.26 bits per heavy atom. The first-order chi connectivity index (χ1) is 11.1. The lowest BCUT2D eigenvalue weighted by atomic mass is 10.2. The van der Waals surface area contributed by atoms with Gasteiger partial charge >= 0.3 is 0 Å². The molecule has 0 aliphatic carbocycles. The van der Waals surface area contributed by atoms with Crippen molar-refractivity contribution in [2.45, 2.75) is 52.6 Å². The number of amidine groups is 1. The highest BCUT2D eigenvalue weighted by atomic mass is 16.5. The highest BCUT2D eigenvalue weighted by Gasteiger charge is 2.12. The lowest BCUT2D eigenvalue weighted by molar-refractivity contribution is 0.0959. The molecule has 128 valence electrons. The standard InChI is InChI=1S/C18H28N2O3/c1-5-6-7-8-12-19-18(23-14(2)3)20-17(21)15-10-9-11-16(13-15)22-4/h9-11,13-14H,5-8,12H2,1-4H3,(H,19,20,21). The van der Waals surface area contributed by atoms with E-state index in [1.165, 1.54) is 12.8 Å². The van der Waals surface area contributed by atoms with Crippen LogP contribution >= 0.6 is 0 Å². The molecule has 0 heterocycles. The fourth-order valence-corrected chi connectivity index (χ4v) is 1.98. The Morgan fingerprint density at radius 3 is 2.70 bits per heavy atom. The number of carbonyl (C=O) groups excluding carboxylic acids is 1. The van der Waals surface area contributed by atoms with Crippen LogP contribution in [-0.2, 0) is 4.74 Å². The summed E-state index contributed by atoms with van der Waals surface area (Å²) < 4.78 is 10.7. The van der Waals surface area contributed by atoms with Crippen molar-refractivity contribution in [2.75, 3.05) is 13.7 Å². The van der Waals surface area contributed by atoms with Crippen molar-refractivity contribution in [1.29, 1.82) is 0 Å². The summed E-state index contributed by atoms with van der Waals surface area (Å²) in [6, 6.07) is 7.27. The van der Waals surface area contributed by atoms with Crippen LogP contribution in [0, 0.1) is 0 Å². The van der Waals surface area contributed by atoms with E-state index in [1.807, 2.05) is 13.8 Å². The number of nitrogens with zero attached hydrogens (tertiary/aromatic N) is 1. The molecular weight excluding hydrogens is 292 g/mol. The van der Waals surface area contributed by atoms with Crippen LogP contribution in [0.1, 0.15) is 56.8 Å². The summed E-state index contributed by atoms with van der Waals surface area (Å²) in [5, 5.41) is 2.74. The molecule has 0 aliphatic heterocycles. The summed E-state index contributed by atoms with van der Waals surface area (Å²) in [5.41, 5.74) is 0.510. The normalized spacial score (nSPS) is 11.4. The largest absolute Gasteiger partial charge is 0.497 e. The average molecular weight is 320 g/mol. The predicted octanol–water partition coefficient (Wildman–Crippen LogP) is 3.79. The van der Waals surface area contributed by atoms with E-state index in [2.05, 4.69) is 17.2 Å². The molecule has 1 rings (SSSR count). The van der Waals surface area contributed by atoms with E-state index in [0.717, 1.165) is 12.8 Å². The summed E-state index contributed by atoms with van der Waals surface area (Å²) in [6.45, 7) is 6.64. The van der Waals surface area contributed by atoms with E-state index in [4.69, 9.17) is 9.47 Å². The molecule has 0 atom stereocenters. The Morgan fingerprint density at radius 2 is 2.04 bits per heavy atom. The maximum atomic E-state index is 12.3.